The number of hydrogen-bond acceptors (Lipinski definition) is 5. The van der Waals surface area contributed by atoms with Crippen molar-refractivity contribution in [2.45, 2.75) is 19.1 Å². The molecule has 0 radical (unpaired) electrons. The molecular weight excluding hydrogens is 330 g/mol. The number of nitrogens with zero attached hydrogens (tertiary/aromatic N) is 2. The molecule has 1 atom stereocenters. The van der Waals surface area contributed by atoms with Gasteiger partial charge in [-0.2, -0.15) is 0 Å². The zero-order chi connectivity index (χ0) is 17.8. The highest BCUT2D eigenvalue weighted by atomic mass is 16.6. The molecule has 1 N–H and O–H groups in total. The lowest BCUT2D eigenvalue weighted by Gasteiger charge is -2.07. The number of carbonyl (C=O) groups is 1. The van der Waals surface area contributed by atoms with Gasteiger partial charge in [0.05, 0.1) is 12.7 Å². The molecule has 3 aromatic rings. The Bertz CT molecular complexity index is 920. The average molecular weight is 347 g/mol. The Kier molecular flexibility index (Phi) is 4.47. The summed E-state index contributed by atoms with van der Waals surface area (Å²) in [5.74, 6) is 0.833. The Morgan fingerprint density at radius 1 is 1.08 bits per heavy atom. The van der Waals surface area contributed by atoms with Crippen molar-refractivity contribution in [2.24, 2.45) is 5.16 Å². The van der Waals surface area contributed by atoms with Crippen LogP contribution in [0.4, 0.5) is 0 Å². The lowest BCUT2D eigenvalue weighted by atomic mass is 10.0. The maximum atomic E-state index is 12.3. The number of amides is 1. The summed E-state index contributed by atoms with van der Waals surface area (Å²) in [6, 6.07) is 19.4. The van der Waals surface area contributed by atoms with Crippen LogP contribution in [0.3, 0.4) is 0 Å². The Morgan fingerprint density at radius 2 is 1.81 bits per heavy atom. The summed E-state index contributed by atoms with van der Waals surface area (Å²) >= 11 is 0. The zero-order valence-corrected chi connectivity index (χ0v) is 14.0. The molecule has 130 valence electrons. The van der Waals surface area contributed by atoms with Crippen LogP contribution >= 0.6 is 0 Å². The lowest BCUT2D eigenvalue weighted by Crippen LogP contribution is -2.30. The minimum absolute atomic E-state index is 0.195. The Labute approximate surface area is 150 Å². The van der Waals surface area contributed by atoms with Crippen LogP contribution in [0.2, 0.25) is 0 Å². The molecule has 2 aromatic carbocycles. The number of rotatable bonds is 5. The third kappa shape index (κ3) is 3.49. The van der Waals surface area contributed by atoms with Gasteiger partial charge >= 0.3 is 0 Å². The van der Waals surface area contributed by atoms with E-state index in [2.05, 4.69) is 15.5 Å². The first-order valence-corrected chi connectivity index (χ1v) is 8.35. The molecule has 6 heteroatoms. The highest BCUT2D eigenvalue weighted by Gasteiger charge is 2.27. The average Bonchev–Trinajstić information content (AvgIpc) is 3.37. The normalized spacial score (nSPS) is 16.0. The third-order valence-electron chi connectivity index (χ3n) is 4.11. The van der Waals surface area contributed by atoms with Crippen LogP contribution in [0.25, 0.3) is 11.3 Å². The van der Waals surface area contributed by atoms with Crippen LogP contribution in [-0.4, -0.2) is 16.6 Å². The van der Waals surface area contributed by atoms with E-state index in [9.17, 15) is 4.79 Å². The van der Waals surface area contributed by atoms with Gasteiger partial charge in [0.1, 0.15) is 5.71 Å². The second-order valence-corrected chi connectivity index (χ2v) is 5.91. The van der Waals surface area contributed by atoms with E-state index in [4.69, 9.17) is 9.25 Å². The van der Waals surface area contributed by atoms with E-state index in [0.29, 0.717) is 23.8 Å². The predicted molar refractivity (Wildman–Crippen MR) is 96.1 cm³/mol. The van der Waals surface area contributed by atoms with E-state index in [1.165, 1.54) is 0 Å². The van der Waals surface area contributed by atoms with Gasteiger partial charge in [-0.3, -0.25) is 4.79 Å². The molecule has 0 saturated carbocycles. The molecule has 1 aromatic heterocycles. The Morgan fingerprint density at radius 3 is 2.58 bits per heavy atom. The summed E-state index contributed by atoms with van der Waals surface area (Å²) in [6.45, 7) is 0.195. The predicted octanol–water partition coefficient (Wildman–Crippen LogP) is 3.48. The van der Waals surface area contributed by atoms with Crippen molar-refractivity contribution < 1.29 is 14.0 Å². The number of nitrogens with one attached hydrogen (secondary N) is 1. The second kappa shape index (κ2) is 7.23. The molecule has 1 unspecified atom stereocenters. The molecule has 0 saturated heterocycles. The SMILES string of the molecule is O=C(NCc1ncc(-c2ccccc2)o1)C1=NOC(c2ccccc2)C1. The fourth-order valence-electron chi connectivity index (χ4n) is 2.74. The minimum atomic E-state index is -0.275. The quantitative estimate of drug-likeness (QED) is 0.767. The Hall–Kier alpha value is -3.41. The van der Waals surface area contributed by atoms with E-state index >= 15 is 0 Å². The molecule has 0 bridgehead atoms. The number of oxazole rings is 1. The fourth-order valence-corrected chi connectivity index (χ4v) is 2.74. The molecular formula is C20H17N3O3. The van der Waals surface area contributed by atoms with Gasteiger partial charge in [-0.15, -0.1) is 0 Å². The molecule has 6 nitrogen and oxygen atoms in total. The van der Waals surface area contributed by atoms with Gasteiger partial charge in [0, 0.05) is 12.0 Å². The van der Waals surface area contributed by atoms with Gasteiger partial charge in [0.25, 0.3) is 5.91 Å². The molecule has 2 heterocycles. The molecule has 26 heavy (non-hydrogen) atoms. The highest BCUT2D eigenvalue weighted by Crippen LogP contribution is 2.27. The monoisotopic (exact) mass is 347 g/mol. The Balaban J connectivity index is 1.33. The summed E-state index contributed by atoms with van der Waals surface area (Å²) in [4.78, 5) is 21.9. The molecule has 0 fully saturated rings. The molecule has 0 aliphatic carbocycles. The number of oxime groups is 1. The maximum absolute atomic E-state index is 12.3. The zero-order valence-electron chi connectivity index (χ0n) is 14.0. The third-order valence-corrected chi connectivity index (χ3v) is 4.11. The van der Waals surface area contributed by atoms with E-state index < -0.39 is 0 Å². The molecule has 1 aliphatic rings. The van der Waals surface area contributed by atoms with E-state index in [1.807, 2.05) is 60.7 Å². The van der Waals surface area contributed by atoms with Crippen molar-refractivity contribution >= 4 is 11.6 Å². The molecule has 0 spiro atoms. The van der Waals surface area contributed by atoms with Crippen LogP contribution in [0, 0.1) is 0 Å². The minimum Gasteiger partial charge on any atom is -0.439 e. The van der Waals surface area contributed by atoms with Gasteiger partial charge in [-0.1, -0.05) is 65.8 Å². The summed E-state index contributed by atoms with van der Waals surface area (Å²) in [7, 11) is 0. The summed E-state index contributed by atoms with van der Waals surface area (Å²) < 4.78 is 5.68. The van der Waals surface area contributed by atoms with Gasteiger partial charge in [-0.25, -0.2) is 4.98 Å². The lowest BCUT2D eigenvalue weighted by molar-refractivity contribution is -0.115. The van der Waals surface area contributed by atoms with Crippen molar-refractivity contribution in [3.8, 4) is 11.3 Å². The first-order valence-electron chi connectivity index (χ1n) is 8.35. The first kappa shape index (κ1) is 16.1. The standard InChI is InChI=1S/C20H17N3O3/c24-20(16-11-17(26-23-16)14-7-3-1-4-8-14)22-13-19-21-12-18(25-19)15-9-5-2-6-10-15/h1-10,12,17H,11,13H2,(H,22,24). The van der Waals surface area contributed by atoms with Crippen molar-refractivity contribution in [1.82, 2.24) is 10.3 Å². The highest BCUT2D eigenvalue weighted by molar-refractivity contribution is 6.39. The van der Waals surface area contributed by atoms with Crippen molar-refractivity contribution in [3.63, 3.8) is 0 Å². The molecule has 1 aliphatic heterocycles. The van der Waals surface area contributed by atoms with Gasteiger partial charge < -0.3 is 14.6 Å². The van der Waals surface area contributed by atoms with Crippen LogP contribution in [-0.2, 0) is 16.2 Å². The number of aromatic nitrogens is 1. The van der Waals surface area contributed by atoms with E-state index in [1.54, 1.807) is 6.20 Å². The van der Waals surface area contributed by atoms with Crippen LogP contribution in [0.5, 0.6) is 0 Å². The fraction of sp³-hybridized carbons (Fsp3) is 0.150. The summed E-state index contributed by atoms with van der Waals surface area (Å²) in [6.07, 6.45) is 1.87. The number of hydrogen-bond donors (Lipinski definition) is 1. The van der Waals surface area contributed by atoms with Crippen molar-refractivity contribution in [3.05, 3.63) is 78.3 Å². The van der Waals surface area contributed by atoms with Crippen molar-refractivity contribution in [2.75, 3.05) is 0 Å². The molecule has 4 rings (SSSR count). The number of benzene rings is 2. The molecule has 1 amide bonds. The van der Waals surface area contributed by atoms with Crippen LogP contribution in [0.15, 0.2) is 76.4 Å². The number of carbonyl (C=O) groups excluding carboxylic acids is 1. The first-order chi connectivity index (χ1) is 12.8. The summed E-state index contributed by atoms with van der Waals surface area (Å²) in [5, 5.41) is 6.68. The maximum Gasteiger partial charge on any atom is 0.269 e. The van der Waals surface area contributed by atoms with Crippen LogP contribution < -0.4 is 5.32 Å². The second-order valence-electron chi connectivity index (χ2n) is 5.91. The van der Waals surface area contributed by atoms with Gasteiger partial charge in [-0.05, 0) is 5.56 Å². The largest absolute Gasteiger partial charge is 0.439 e. The van der Waals surface area contributed by atoms with Crippen LogP contribution in [0.1, 0.15) is 24.0 Å². The van der Waals surface area contributed by atoms with Gasteiger partial charge in [0.2, 0.25) is 5.89 Å². The van der Waals surface area contributed by atoms with E-state index in [-0.39, 0.29) is 18.6 Å². The topological polar surface area (TPSA) is 76.7 Å². The van der Waals surface area contributed by atoms with Crippen molar-refractivity contribution in [1.29, 1.82) is 0 Å². The summed E-state index contributed by atoms with van der Waals surface area (Å²) in [5.41, 5.74) is 2.31. The van der Waals surface area contributed by atoms with Gasteiger partial charge in [0.15, 0.2) is 11.9 Å². The smallest absolute Gasteiger partial charge is 0.269 e. The van der Waals surface area contributed by atoms with E-state index in [0.717, 1.165) is 11.1 Å².